The van der Waals surface area contributed by atoms with Gasteiger partial charge in [0.15, 0.2) is 5.78 Å². The highest BCUT2D eigenvalue weighted by atomic mass is 16.1. The van der Waals surface area contributed by atoms with Crippen LogP contribution in [0, 0.1) is 6.92 Å². The number of carbonyl (C=O) groups is 1. The quantitative estimate of drug-likeness (QED) is 0.571. The van der Waals surface area contributed by atoms with Crippen LogP contribution in [0.25, 0.3) is 0 Å². The molecule has 0 heterocycles. The SMILES string of the molecule is CCCNCC(=O)c1ccccc1C. The van der Waals surface area contributed by atoms with E-state index < -0.39 is 0 Å². The second kappa shape index (κ2) is 5.55. The predicted octanol–water partition coefficient (Wildman–Crippen LogP) is 2.18. The van der Waals surface area contributed by atoms with Crippen molar-refractivity contribution in [2.45, 2.75) is 20.3 Å². The van der Waals surface area contributed by atoms with Crippen LogP contribution in [0.1, 0.15) is 29.3 Å². The van der Waals surface area contributed by atoms with Crippen molar-refractivity contribution < 1.29 is 4.79 Å². The molecule has 0 saturated heterocycles. The van der Waals surface area contributed by atoms with Crippen LogP contribution in [0.5, 0.6) is 0 Å². The van der Waals surface area contributed by atoms with E-state index in [0.29, 0.717) is 6.54 Å². The number of hydrogen-bond acceptors (Lipinski definition) is 2. The second-order valence-electron chi connectivity index (χ2n) is 3.41. The summed E-state index contributed by atoms with van der Waals surface area (Å²) in [6.07, 6.45) is 1.06. The largest absolute Gasteiger partial charge is 0.310 e. The summed E-state index contributed by atoms with van der Waals surface area (Å²) in [5.74, 6) is 0.177. The monoisotopic (exact) mass is 191 g/mol. The summed E-state index contributed by atoms with van der Waals surface area (Å²) in [5.41, 5.74) is 1.88. The Bertz CT molecular complexity index is 307. The summed E-state index contributed by atoms with van der Waals surface area (Å²) in [5, 5.41) is 3.11. The highest BCUT2D eigenvalue weighted by Crippen LogP contribution is 2.06. The predicted molar refractivity (Wildman–Crippen MR) is 58.7 cm³/mol. The van der Waals surface area contributed by atoms with Crippen molar-refractivity contribution in [3.8, 4) is 0 Å². The van der Waals surface area contributed by atoms with E-state index >= 15 is 0 Å². The molecule has 0 aliphatic rings. The van der Waals surface area contributed by atoms with E-state index in [1.165, 1.54) is 0 Å². The zero-order chi connectivity index (χ0) is 10.4. The van der Waals surface area contributed by atoms with Crippen molar-refractivity contribution in [1.29, 1.82) is 0 Å². The lowest BCUT2D eigenvalue weighted by Crippen LogP contribution is -2.24. The van der Waals surface area contributed by atoms with E-state index in [0.717, 1.165) is 24.1 Å². The Balaban J connectivity index is 2.56. The first-order valence-electron chi connectivity index (χ1n) is 5.05. The van der Waals surface area contributed by atoms with Gasteiger partial charge in [-0.3, -0.25) is 4.79 Å². The fourth-order valence-corrected chi connectivity index (χ4v) is 1.36. The van der Waals surface area contributed by atoms with Crippen LogP contribution in [0.3, 0.4) is 0 Å². The number of nitrogens with one attached hydrogen (secondary N) is 1. The molecule has 0 aliphatic heterocycles. The highest BCUT2D eigenvalue weighted by molar-refractivity contribution is 5.98. The van der Waals surface area contributed by atoms with Crippen molar-refractivity contribution >= 4 is 5.78 Å². The third-order valence-electron chi connectivity index (χ3n) is 2.16. The molecule has 0 atom stereocenters. The molecular weight excluding hydrogens is 174 g/mol. The average molecular weight is 191 g/mol. The Morgan fingerprint density at radius 2 is 2.07 bits per heavy atom. The molecule has 2 heteroatoms. The van der Waals surface area contributed by atoms with Gasteiger partial charge in [-0.15, -0.1) is 0 Å². The van der Waals surface area contributed by atoms with Crippen LogP contribution in [0.2, 0.25) is 0 Å². The minimum Gasteiger partial charge on any atom is -0.310 e. The van der Waals surface area contributed by atoms with E-state index in [-0.39, 0.29) is 5.78 Å². The van der Waals surface area contributed by atoms with Crippen molar-refractivity contribution in [2.75, 3.05) is 13.1 Å². The molecule has 0 saturated carbocycles. The first-order chi connectivity index (χ1) is 6.75. The first kappa shape index (κ1) is 10.9. The number of carbonyl (C=O) groups excluding carboxylic acids is 1. The van der Waals surface area contributed by atoms with E-state index in [4.69, 9.17) is 0 Å². The molecule has 0 fully saturated rings. The summed E-state index contributed by atoms with van der Waals surface area (Å²) < 4.78 is 0. The topological polar surface area (TPSA) is 29.1 Å². The van der Waals surface area contributed by atoms with Gasteiger partial charge in [-0.05, 0) is 25.5 Å². The third kappa shape index (κ3) is 2.96. The molecule has 0 unspecified atom stereocenters. The van der Waals surface area contributed by atoms with Crippen molar-refractivity contribution in [3.63, 3.8) is 0 Å². The van der Waals surface area contributed by atoms with Gasteiger partial charge in [-0.2, -0.15) is 0 Å². The summed E-state index contributed by atoms with van der Waals surface area (Å²) in [4.78, 5) is 11.7. The van der Waals surface area contributed by atoms with E-state index in [2.05, 4.69) is 12.2 Å². The van der Waals surface area contributed by atoms with Crippen LogP contribution in [0.15, 0.2) is 24.3 Å². The van der Waals surface area contributed by atoms with Gasteiger partial charge in [0.2, 0.25) is 0 Å². The number of rotatable bonds is 5. The minimum atomic E-state index is 0.177. The van der Waals surface area contributed by atoms with Crippen molar-refractivity contribution in [2.24, 2.45) is 0 Å². The van der Waals surface area contributed by atoms with E-state index in [1.54, 1.807) is 0 Å². The van der Waals surface area contributed by atoms with Gasteiger partial charge in [-0.25, -0.2) is 0 Å². The lowest BCUT2D eigenvalue weighted by Gasteiger charge is -2.05. The molecule has 14 heavy (non-hydrogen) atoms. The average Bonchev–Trinajstić information content (AvgIpc) is 2.18. The van der Waals surface area contributed by atoms with E-state index in [1.807, 2.05) is 31.2 Å². The fraction of sp³-hybridized carbons (Fsp3) is 0.417. The number of ketones is 1. The molecule has 76 valence electrons. The summed E-state index contributed by atoms with van der Waals surface area (Å²) in [7, 11) is 0. The van der Waals surface area contributed by atoms with Crippen LogP contribution in [0.4, 0.5) is 0 Å². The first-order valence-corrected chi connectivity index (χ1v) is 5.05. The molecule has 0 aromatic heterocycles. The number of aryl methyl sites for hydroxylation is 1. The van der Waals surface area contributed by atoms with Crippen molar-refractivity contribution in [3.05, 3.63) is 35.4 Å². The van der Waals surface area contributed by atoms with Gasteiger partial charge in [0.25, 0.3) is 0 Å². The molecule has 2 nitrogen and oxygen atoms in total. The maximum Gasteiger partial charge on any atom is 0.176 e. The van der Waals surface area contributed by atoms with Gasteiger partial charge in [0, 0.05) is 5.56 Å². The molecule has 1 aromatic carbocycles. The number of hydrogen-bond donors (Lipinski definition) is 1. The molecule has 0 bridgehead atoms. The van der Waals surface area contributed by atoms with Crippen LogP contribution >= 0.6 is 0 Å². The van der Waals surface area contributed by atoms with Crippen LogP contribution < -0.4 is 5.32 Å². The Morgan fingerprint density at radius 1 is 1.36 bits per heavy atom. The normalized spacial score (nSPS) is 10.1. The third-order valence-corrected chi connectivity index (χ3v) is 2.16. The Kier molecular flexibility index (Phi) is 4.33. The minimum absolute atomic E-state index is 0.177. The van der Waals surface area contributed by atoms with Gasteiger partial charge in [0.05, 0.1) is 6.54 Å². The molecule has 0 radical (unpaired) electrons. The number of benzene rings is 1. The van der Waals surface area contributed by atoms with Crippen LogP contribution in [-0.2, 0) is 0 Å². The maximum atomic E-state index is 11.7. The van der Waals surface area contributed by atoms with E-state index in [9.17, 15) is 4.79 Å². The molecule has 1 N–H and O–H groups in total. The summed E-state index contributed by atoms with van der Waals surface area (Å²) in [6, 6.07) is 7.70. The highest BCUT2D eigenvalue weighted by Gasteiger charge is 2.06. The van der Waals surface area contributed by atoms with Gasteiger partial charge in [0.1, 0.15) is 0 Å². The molecule has 0 spiro atoms. The fourth-order valence-electron chi connectivity index (χ4n) is 1.36. The molecule has 1 rings (SSSR count). The van der Waals surface area contributed by atoms with Crippen LogP contribution in [-0.4, -0.2) is 18.9 Å². The Hall–Kier alpha value is -1.15. The van der Waals surface area contributed by atoms with Crippen molar-refractivity contribution in [1.82, 2.24) is 5.32 Å². The zero-order valence-electron chi connectivity index (χ0n) is 8.84. The zero-order valence-corrected chi connectivity index (χ0v) is 8.84. The molecule has 0 amide bonds. The number of Topliss-reactive ketones (excluding diaryl/α,β-unsaturated/α-hetero) is 1. The molecular formula is C12H17NO. The maximum absolute atomic E-state index is 11.7. The Labute approximate surface area is 85.3 Å². The second-order valence-corrected chi connectivity index (χ2v) is 3.41. The smallest absolute Gasteiger partial charge is 0.176 e. The Morgan fingerprint density at radius 3 is 2.71 bits per heavy atom. The molecule has 0 aliphatic carbocycles. The molecule has 1 aromatic rings. The van der Waals surface area contributed by atoms with Gasteiger partial charge in [-0.1, -0.05) is 31.2 Å². The standard InChI is InChI=1S/C12H17NO/c1-3-8-13-9-12(14)11-7-5-4-6-10(11)2/h4-7,13H,3,8-9H2,1-2H3. The lowest BCUT2D eigenvalue weighted by atomic mass is 10.1. The van der Waals surface area contributed by atoms with Gasteiger partial charge < -0.3 is 5.32 Å². The summed E-state index contributed by atoms with van der Waals surface area (Å²) in [6.45, 7) is 5.40. The summed E-state index contributed by atoms with van der Waals surface area (Å²) >= 11 is 0. The lowest BCUT2D eigenvalue weighted by molar-refractivity contribution is 0.0991. The van der Waals surface area contributed by atoms with Gasteiger partial charge >= 0.3 is 0 Å².